The molecule has 0 radical (unpaired) electrons. The van der Waals surface area contributed by atoms with Gasteiger partial charge in [0.1, 0.15) is 9.84 Å². The van der Waals surface area contributed by atoms with Crippen LogP contribution >= 0.6 is 43.2 Å². The van der Waals surface area contributed by atoms with Gasteiger partial charge in [0.2, 0.25) is 0 Å². The van der Waals surface area contributed by atoms with E-state index < -0.39 is 9.84 Å². The fourth-order valence-electron chi connectivity index (χ4n) is 0.896. The van der Waals surface area contributed by atoms with Gasteiger partial charge >= 0.3 is 0 Å². The third-order valence-electron chi connectivity index (χ3n) is 1.63. The Bertz CT molecular complexity index is 476. The molecule has 0 aliphatic heterocycles. The maximum absolute atomic E-state index is 11.6. The minimum absolute atomic E-state index is 0.0492. The molecule has 90 valence electrons. The van der Waals surface area contributed by atoms with E-state index in [4.69, 9.17) is 0 Å². The van der Waals surface area contributed by atoms with Crippen molar-refractivity contribution in [3.8, 4) is 0 Å². The molecular formula is C8H9Br2NO3S2. The summed E-state index contributed by atoms with van der Waals surface area (Å²) in [5, 5.41) is 2.55. The normalized spacial score (nSPS) is 11.4. The Morgan fingerprint density at radius 3 is 2.56 bits per heavy atom. The Hall–Kier alpha value is 0.0800. The lowest BCUT2D eigenvalue weighted by molar-refractivity contribution is 0.0960. The van der Waals surface area contributed by atoms with E-state index in [-0.39, 0.29) is 18.2 Å². The molecule has 0 saturated heterocycles. The number of rotatable bonds is 4. The van der Waals surface area contributed by atoms with Crippen LogP contribution in [0.2, 0.25) is 0 Å². The fraction of sp³-hybridized carbons (Fsp3) is 0.375. The van der Waals surface area contributed by atoms with E-state index in [1.54, 1.807) is 6.07 Å². The number of sulfone groups is 1. The van der Waals surface area contributed by atoms with Crippen LogP contribution < -0.4 is 5.32 Å². The van der Waals surface area contributed by atoms with E-state index in [2.05, 4.69) is 37.2 Å². The molecule has 0 saturated carbocycles. The Labute approximate surface area is 115 Å². The van der Waals surface area contributed by atoms with Crippen molar-refractivity contribution >= 4 is 58.9 Å². The van der Waals surface area contributed by atoms with Gasteiger partial charge < -0.3 is 5.32 Å². The van der Waals surface area contributed by atoms with E-state index >= 15 is 0 Å². The number of hydrogen-bond acceptors (Lipinski definition) is 4. The predicted molar refractivity (Wildman–Crippen MR) is 71.8 cm³/mol. The average Bonchev–Trinajstić information content (AvgIpc) is 2.45. The highest BCUT2D eigenvalue weighted by Crippen LogP contribution is 2.32. The molecule has 16 heavy (non-hydrogen) atoms. The maximum atomic E-state index is 11.6. The van der Waals surface area contributed by atoms with Gasteiger partial charge in [-0.05, 0) is 37.9 Å². The van der Waals surface area contributed by atoms with Gasteiger partial charge in [0.15, 0.2) is 0 Å². The smallest absolute Gasteiger partial charge is 0.261 e. The van der Waals surface area contributed by atoms with Crippen molar-refractivity contribution in [2.45, 2.75) is 0 Å². The van der Waals surface area contributed by atoms with Crippen molar-refractivity contribution in [2.24, 2.45) is 0 Å². The minimum Gasteiger partial charge on any atom is -0.350 e. The highest BCUT2D eigenvalue weighted by atomic mass is 79.9. The summed E-state index contributed by atoms with van der Waals surface area (Å²) in [6.45, 7) is 0.130. The molecule has 0 atom stereocenters. The third-order valence-corrected chi connectivity index (χ3v) is 5.83. The molecule has 0 aliphatic rings. The summed E-state index contributed by atoms with van der Waals surface area (Å²) in [6.07, 6.45) is 1.14. The van der Waals surface area contributed by atoms with Crippen molar-refractivity contribution in [3.63, 3.8) is 0 Å². The second-order valence-electron chi connectivity index (χ2n) is 3.12. The number of carbonyl (C=O) groups is 1. The minimum atomic E-state index is -3.03. The van der Waals surface area contributed by atoms with Gasteiger partial charge in [-0.3, -0.25) is 4.79 Å². The second kappa shape index (κ2) is 5.61. The van der Waals surface area contributed by atoms with Gasteiger partial charge in [-0.25, -0.2) is 8.42 Å². The first-order valence-electron chi connectivity index (χ1n) is 4.20. The van der Waals surface area contributed by atoms with Crippen LogP contribution in [-0.4, -0.2) is 32.9 Å². The van der Waals surface area contributed by atoms with E-state index in [0.717, 1.165) is 14.5 Å². The molecule has 0 unspecified atom stereocenters. The zero-order valence-corrected chi connectivity index (χ0v) is 13.1. The fourth-order valence-corrected chi connectivity index (χ4v) is 3.32. The predicted octanol–water partition coefficient (Wildman–Crippen LogP) is 2.05. The molecule has 4 nitrogen and oxygen atoms in total. The lowest BCUT2D eigenvalue weighted by Crippen LogP contribution is -2.28. The lowest BCUT2D eigenvalue weighted by atomic mass is 10.4. The largest absolute Gasteiger partial charge is 0.350 e. The molecule has 8 heteroatoms. The first-order valence-corrected chi connectivity index (χ1v) is 8.66. The number of nitrogens with one attached hydrogen (secondary N) is 1. The second-order valence-corrected chi connectivity index (χ2v) is 8.60. The monoisotopic (exact) mass is 389 g/mol. The summed E-state index contributed by atoms with van der Waals surface area (Å²) in [5.74, 6) is -0.313. The SMILES string of the molecule is CS(=O)(=O)CCNC(=O)c1cc(Br)c(Br)s1. The van der Waals surface area contributed by atoms with Crippen LogP contribution in [0.5, 0.6) is 0 Å². The topological polar surface area (TPSA) is 63.2 Å². The van der Waals surface area contributed by atoms with E-state index in [0.29, 0.717) is 4.88 Å². The van der Waals surface area contributed by atoms with Gasteiger partial charge in [-0.15, -0.1) is 11.3 Å². The van der Waals surface area contributed by atoms with Gasteiger partial charge in [0.05, 0.1) is 14.4 Å². The summed E-state index contributed by atoms with van der Waals surface area (Å²) in [7, 11) is -3.03. The number of hydrogen-bond donors (Lipinski definition) is 1. The first kappa shape index (κ1) is 14.1. The summed E-state index contributed by atoms with van der Waals surface area (Å²) >= 11 is 7.84. The Morgan fingerprint density at radius 2 is 2.12 bits per heavy atom. The van der Waals surface area contributed by atoms with Crippen molar-refractivity contribution < 1.29 is 13.2 Å². The number of amides is 1. The van der Waals surface area contributed by atoms with Gasteiger partial charge in [0.25, 0.3) is 5.91 Å². The van der Waals surface area contributed by atoms with Gasteiger partial charge in [0, 0.05) is 17.3 Å². The van der Waals surface area contributed by atoms with E-state index in [9.17, 15) is 13.2 Å². The quantitative estimate of drug-likeness (QED) is 0.855. The average molecular weight is 391 g/mol. The highest BCUT2D eigenvalue weighted by molar-refractivity contribution is 9.13. The molecule has 0 bridgehead atoms. The van der Waals surface area contributed by atoms with Crippen LogP contribution in [0, 0.1) is 0 Å². The van der Waals surface area contributed by atoms with Gasteiger partial charge in [-0.1, -0.05) is 0 Å². The molecule has 1 aromatic rings. The van der Waals surface area contributed by atoms with Crippen LogP contribution in [0.4, 0.5) is 0 Å². The number of thiophene rings is 1. The summed E-state index contributed by atoms with van der Waals surface area (Å²) in [6, 6.07) is 1.69. The zero-order chi connectivity index (χ0) is 12.3. The molecule has 0 aromatic carbocycles. The maximum Gasteiger partial charge on any atom is 0.261 e. The van der Waals surface area contributed by atoms with E-state index in [1.165, 1.54) is 11.3 Å². The summed E-state index contributed by atoms with van der Waals surface area (Å²) < 4.78 is 23.3. The molecule has 1 N–H and O–H groups in total. The molecule has 0 spiro atoms. The van der Waals surface area contributed by atoms with Crippen LogP contribution in [0.25, 0.3) is 0 Å². The molecule has 1 aromatic heterocycles. The van der Waals surface area contributed by atoms with Crippen molar-refractivity contribution in [1.29, 1.82) is 0 Å². The van der Waals surface area contributed by atoms with Crippen molar-refractivity contribution in [2.75, 3.05) is 18.6 Å². The molecule has 1 heterocycles. The number of halogens is 2. The van der Waals surface area contributed by atoms with Crippen LogP contribution in [-0.2, 0) is 9.84 Å². The Morgan fingerprint density at radius 1 is 1.50 bits per heavy atom. The van der Waals surface area contributed by atoms with Gasteiger partial charge in [-0.2, -0.15) is 0 Å². The van der Waals surface area contributed by atoms with Crippen LogP contribution in [0.15, 0.2) is 14.3 Å². The zero-order valence-electron chi connectivity index (χ0n) is 8.29. The molecule has 1 rings (SSSR count). The summed E-state index contributed by atoms with van der Waals surface area (Å²) in [4.78, 5) is 12.1. The van der Waals surface area contributed by atoms with Crippen LogP contribution in [0.1, 0.15) is 9.67 Å². The Kier molecular flexibility index (Phi) is 4.96. The highest BCUT2D eigenvalue weighted by Gasteiger charge is 2.12. The van der Waals surface area contributed by atoms with E-state index in [1.807, 2.05) is 0 Å². The number of carbonyl (C=O) groups excluding carboxylic acids is 1. The molecule has 0 fully saturated rings. The van der Waals surface area contributed by atoms with Crippen molar-refractivity contribution in [3.05, 3.63) is 19.2 Å². The molecule has 1 amide bonds. The third kappa shape index (κ3) is 4.52. The summed E-state index contributed by atoms with van der Waals surface area (Å²) in [5.41, 5.74) is 0. The van der Waals surface area contributed by atoms with Crippen LogP contribution in [0.3, 0.4) is 0 Å². The molecule has 0 aliphatic carbocycles. The first-order chi connectivity index (χ1) is 7.29. The lowest BCUT2D eigenvalue weighted by Gasteiger charge is -2.01. The molecular weight excluding hydrogens is 382 g/mol. The Balaban J connectivity index is 2.54. The van der Waals surface area contributed by atoms with Crippen molar-refractivity contribution in [1.82, 2.24) is 5.32 Å². The standard InChI is InChI=1S/C8H9Br2NO3S2/c1-16(13,14)3-2-11-8(12)6-4-5(9)7(10)15-6/h4H,2-3H2,1H3,(H,11,12).